The lowest BCUT2D eigenvalue weighted by Crippen LogP contribution is -2.21. The van der Waals surface area contributed by atoms with Crippen LogP contribution in [0.2, 0.25) is 0 Å². The minimum atomic E-state index is -0.356. The molecule has 142 valence electrons. The minimum absolute atomic E-state index is 0. The van der Waals surface area contributed by atoms with Gasteiger partial charge in [-0.3, -0.25) is 9.97 Å². The molecule has 0 saturated heterocycles. The van der Waals surface area contributed by atoms with Crippen molar-refractivity contribution >= 4 is 11.0 Å². The van der Waals surface area contributed by atoms with Crippen molar-refractivity contribution in [3.63, 3.8) is 0 Å². The first kappa shape index (κ1) is 19.7. The Kier molecular flexibility index (Phi) is 6.95. The molecule has 5 nitrogen and oxygen atoms in total. The summed E-state index contributed by atoms with van der Waals surface area (Å²) >= 11 is 0. The Morgan fingerprint density at radius 2 is 1.88 bits per heavy atom. The number of allylic oxidation sites excluding steroid dienone is 2. The van der Waals surface area contributed by atoms with Crippen LogP contribution in [0.3, 0.4) is 0 Å². The molecular formula is C20H28FN3O2. The average Bonchev–Trinajstić information content (AvgIpc) is 2.62. The van der Waals surface area contributed by atoms with Crippen LogP contribution in [0.4, 0.5) is 4.39 Å². The molecule has 0 amide bonds. The van der Waals surface area contributed by atoms with Crippen LogP contribution in [0.1, 0.15) is 40.6 Å². The summed E-state index contributed by atoms with van der Waals surface area (Å²) in [6, 6.07) is 3.03. The van der Waals surface area contributed by atoms with E-state index in [4.69, 9.17) is 4.74 Å². The van der Waals surface area contributed by atoms with E-state index in [1.54, 1.807) is 12.3 Å². The number of aliphatic hydroxyl groups is 1. The van der Waals surface area contributed by atoms with E-state index >= 15 is 0 Å². The van der Waals surface area contributed by atoms with E-state index in [1.165, 1.54) is 25.8 Å². The summed E-state index contributed by atoms with van der Waals surface area (Å²) in [5.74, 6) is 0.385. The van der Waals surface area contributed by atoms with Crippen LogP contribution in [0, 0.1) is 11.7 Å². The Morgan fingerprint density at radius 3 is 2.50 bits per heavy atom. The fraction of sp³-hybridized carbons (Fsp3) is 0.400. The maximum atomic E-state index is 14.1. The number of fused-ring (bicyclic) bond motifs is 1. The van der Waals surface area contributed by atoms with Gasteiger partial charge in [0.1, 0.15) is 11.6 Å². The van der Waals surface area contributed by atoms with E-state index < -0.39 is 0 Å². The molecule has 2 N–H and O–H groups in total. The first-order valence-electron chi connectivity index (χ1n) is 8.82. The first-order valence-corrected chi connectivity index (χ1v) is 8.82. The second-order valence-corrected chi connectivity index (χ2v) is 6.22. The van der Waals surface area contributed by atoms with Crippen molar-refractivity contribution in [1.29, 1.82) is 0 Å². The van der Waals surface area contributed by atoms with E-state index in [2.05, 4.69) is 29.1 Å². The van der Waals surface area contributed by atoms with Gasteiger partial charge in [0.2, 0.25) is 0 Å². The molecule has 1 aromatic heterocycles. The SMILES string of the molecule is CCC.COC1=C(O)C(NCc2cc3nccnc3cc2F)=CCC1C.[HH]. The largest absolute Gasteiger partial charge is 0.503 e. The molecule has 0 aliphatic heterocycles. The van der Waals surface area contributed by atoms with E-state index in [9.17, 15) is 9.50 Å². The number of aromatic nitrogens is 2. The lowest BCUT2D eigenvalue weighted by atomic mass is 9.97. The highest BCUT2D eigenvalue weighted by molar-refractivity contribution is 5.74. The van der Waals surface area contributed by atoms with Crippen LogP contribution in [0.5, 0.6) is 0 Å². The molecule has 0 bridgehead atoms. The number of aliphatic hydroxyl groups excluding tert-OH is 1. The van der Waals surface area contributed by atoms with Gasteiger partial charge in [-0.2, -0.15) is 0 Å². The third-order valence-corrected chi connectivity index (χ3v) is 3.94. The van der Waals surface area contributed by atoms with Gasteiger partial charge in [-0.25, -0.2) is 4.39 Å². The van der Waals surface area contributed by atoms with Gasteiger partial charge in [0.05, 0.1) is 23.8 Å². The average molecular weight is 361 g/mol. The molecule has 0 radical (unpaired) electrons. The molecule has 1 unspecified atom stereocenters. The summed E-state index contributed by atoms with van der Waals surface area (Å²) in [5, 5.41) is 13.3. The number of hydrogen-bond donors (Lipinski definition) is 2. The normalized spacial score (nSPS) is 16.7. The van der Waals surface area contributed by atoms with Gasteiger partial charge >= 0.3 is 0 Å². The number of hydrogen-bond acceptors (Lipinski definition) is 5. The van der Waals surface area contributed by atoms with Gasteiger partial charge in [0, 0.05) is 37.9 Å². The van der Waals surface area contributed by atoms with Crippen LogP contribution in [0.25, 0.3) is 11.0 Å². The van der Waals surface area contributed by atoms with Crippen molar-refractivity contribution in [1.82, 2.24) is 15.3 Å². The smallest absolute Gasteiger partial charge is 0.176 e. The van der Waals surface area contributed by atoms with Gasteiger partial charge in [-0.05, 0) is 12.5 Å². The van der Waals surface area contributed by atoms with Crippen molar-refractivity contribution in [3.8, 4) is 0 Å². The third kappa shape index (κ3) is 4.50. The second kappa shape index (κ2) is 9.17. The highest BCUT2D eigenvalue weighted by Crippen LogP contribution is 2.28. The van der Waals surface area contributed by atoms with E-state index in [1.807, 2.05) is 13.0 Å². The fourth-order valence-electron chi connectivity index (χ4n) is 2.67. The summed E-state index contributed by atoms with van der Waals surface area (Å²) in [6.45, 7) is 6.46. The Balaban J connectivity index is 0.000000855. The lowest BCUT2D eigenvalue weighted by molar-refractivity contribution is 0.212. The molecule has 6 heteroatoms. The van der Waals surface area contributed by atoms with Crippen LogP contribution in [-0.2, 0) is 11.3 Å². The Bertz CT molecular complexity index is 824. The predicted molar refractivity (Wildman–Crippen MR) is 103 cm³/mol. The summed E-state index contributed by atoms with van der Waals surface area (Å²) in [6.07, 6.45) is 6.99. The van der Waals surface area contributed by atoms with E-state index in [-0.39, 0.29) is 25.5 Å². The van der Waals surface area contributed by atoms with Gasteiger partial charge in [0.25, 0.3) is 0 Å². The van der Waals surface area contributed by atoms with Gasteiger partial charge in [-0.15, -0.1) is 0 Å². The zero-order valence-corrected chi connectivity index (χ0v) is 15.7. The number of halogens is 1. The molecule has 0 spiro atoms. The van der Waals surface area contributed by atoms with Crippen LogP contribution < -0.4 is 5.32 Å². The zero-order valence-electron chi connectivity index (χ0n) is 15.7. The van der Waals surface area contributed by atoms with Crippen molar-refractivity contribution in [2.75, 3.05) is 7.11 Å². The van der Waals surface area contributed by atoms with Crippen LogP contribution >= 0.6 is 0 Å². The van der Waals surface area contributed by atoms with Crippen molar-refractivity contribution in [2.45, 2.75) is 40.2 Å². The highest BCUT2D eigenvalue weighted by atomic mass is 19.1. The lowest BCUT2D eigenvalue weighted by Gasteiger charge is -2.22. The maximum Gasteiger partial charge on any atom is 0.176 e. The molecule has 1 heterocycles. The first-order chi connectivity index (χ1) is 12.5. The molecule has 0 saturated carbocycles. The standard InChI is InChI=1S/C17H18FN3O2.C3H8.H2/c1-10-3-4-13(16(22)17(10)23-2)21-9-11-7-14-15(8-12(11)18)20-6-5-19-14;1-3-2;/h4-8,10,21-22H,3,9H2,1-2H3;3H2,1-2H3;1H. The zero-order chi connectivity index (χ0) is 19.1. The number of methoxy groups -OCH3 is 1. The fourth-order valence-corrected chi connectivity index (χ4v) is 2.67. The number of rotatable bonds is 4. The van der Waals surface area contributed by atoms with Crippen molar-refractivity contribution < 1.29 is 15.7 Å². The summed E-state index contributed by atoms with van der Waals surface area (Å²) in [5.41, 5.74) is 2.17. The number of nitrogens with zero attached hydrogens (tertiary/aromatic N) is 2. The Morgan fingerprint density at radius 1 is 1.27 bits per heavy atom. The van der Waals surface area contributed by atoms with Crippen LogP contribution in [-0.4, -0.2) is 22.2 Å². The minimum Gasteiger partial charge on any atom is -0.503 e. The quantitative estimate of drug-likeness (QED) is 0.814. The number of benzene rings is 1. The van der Waals surface area contributed by atoms with Crippen molar-refractivity contribution in [2.24, 2.45) is 5.92 Å². The summed E-state index contributed by atoms with van der Waals surface area (Å²) < 4.78 is 19.4. The molecule has 1 aliphatic rings. The molecular weight excluding hydrogens is 333 g/mol. The molecule has 2 aromatic rings. The van der Waals surface area contributed by atoms with E-state index in [0.29, 0.717) is 28.1 Å². The van der Waals surface area contributed by atoms with Gasteiger partial charge < -0.3 is 15.2 Å². The highest BCUT2D eigenvalue weighted by Gasteiger charge is 2.22. The predicted octanol–water partition coefficient (Wildman–Crippen LogP) is 4.86. The van der Waals surface area contributed by atoms with Crippen molar-refractivity contribution in [3.05, 3.63) is 59.2 Å². The molecule has 1 atom stereocenters. The van der Waals surface area contributed by atoms with Crippen LogP contribution in [0.15, 0.2) is 47.8 Å². The molecule has 1 aliphatic carbocycles. The summed E-state index contributed by atoms with van der Waals surface area (Å²) in [7, 11) is 1.53. The maximum absolute atomic E-state index is 14.1. The summed E-state index contributed by atoms with van der Waals surface area (Å²) in [4.78, 5) is 8.25. The third-order valence-electron chi connectivity index (χ3n) is 3.94. The molecule has 3 rings (SSSR count). The Hall–Kier alpha value is -2.63. The topological polar surface area (TPSA) is 67.3 Å². The monoisotopic (exact) mass is 361 g/mol. The van der Waals surface area contributed by atoms with Gasteiger partial charge in [0.15, 0.2) is 5.76 Å². The number of nitrogens with one attached hydrogen (secondary N) is 1. The molecule has 26 heavy (non-hydrogen) atoms. The Labute approximate surface area is 155 Å². The molecule has 0 fully saturated rings. The van der Waals surface area contributed by atoms with Gasteiger partial charge in [-0.1, -0.05) is 33.3 Å². The number of ether oxygens (including phenoxy) is 1. The second-order valence-electron chi connectivity index (χ2n) is 6.22. The molecule has 1 aromatic carbocycles. The van der Waals surface area contributed by atoms with E-state index in [0.717, 1.165) is 6.42 Å².